The van der Waals surface area contributed by atoms with Gasteiger partial charge in [-0.2, -0.15) is 12.6 Å². The Morgan fingerprint density at radius 2 is 2.11 bits per heavy atom. The van der Waals surface area contributed by atoms with E-state index in [1.165, 1.54) is 0 Å². The van der Waals surface area contributed by atoms with Crippen LogP contribution in [0.4, 0.5) is 0 Å². The summed E-state index contributed by atoms with van der Waals surface area (Å²) in [6, 6.07) is 7.95. The van der Waals surface area contributed by atoms with Crippen molar-refractivity contribution in [3.05, 3.63) is 40.9 Å². The summed E-state index contributed by atoms with van der Waals surface area (Å²) in [4.78, 5) is 17.0. The monoisotopic (exact) mass is 273 g/mol. The second kappa shape index (κ2) is 4.74. The maximum atomic E-state index is 12.5. The zero-order chi connectivity index (χ0) is 13.4. The number of para-hydroxylation sites is 1. The van der Waals surface area contributed by atoms with Gasteiger partial charge in [-0.3, -0.25) is 9.36 Å². The van der Waals surface area contributed by atoms with Crippen LogP contribution in [0.5, 0.6) is 0 Å². The van der Waals surface area contributed by atoms with Gasteiger partial charge in [0.15, 0.2) is 0 Å². The molecule has 98 valence electrons. The number of aromatic nitrogens is 3. The summed E-state index contributed by atoms with van der Waals surface area (Å²) in [5.74, 6) is 0.763. The molecule has 4 nitrogen and oxygen atoms in total. The number of thiol groups is 1. The van der Waals surface area contributed by atoms with Gasteiger partial charge in [-0.15, -0.1) is 0 Å². The van der Waals surface area contributed by atoms with E-state index in [9.17, 15) is 4.79 Å². The van der Waals surface area contributed by atoms with Gasteiger partial charge >= 0.3 is 0 Å². The maximum absolute atomic E-state index is 12.5. The minimum atomic E-state index is 0.0190. The number of hydrogen-bond donors (Lipinski definition) is 1. The summed E-state index contributed by atoms with van der Waals surface area (Å²) in [6.45, 7) is 0.660. The number of benzene rings is 1. The van der Waals surface area contributed by atoms with E-state index in [2.05, 4.69) is 17.6 Å². The Bertz CT molecular complexity index is 803. The molecule has 2 aromatic heterocycles. The summed E-state index contributed by atoms with van der Waals surface area (Å²) in [7, 11) is 1.91. The van der Waals surface area contributed by atoms with Crippen LogP contribution in [0.15, 0.2) is 35.4 Å². The fraction of sp³-hybridized carbons (Fsp3) is 0.286. The standard InChI is InChI=1S/C14H15N3OS/c1-16-11-6-3-2-5-10(11)12-13(16)14(18)17(9-15-12)7-4-8-19/h2-3,5-6,9,19H,4,7-8H2,1H3. The first-order valence-corrected chi connectivity index (χ1v) is 6.90. The van der Waals surface area contributed by atoms with Crippen LogP contribution in [0, 0.1) is 0 Å². The van der Waals surface area contributed by atoms with E-state index in [1.807, 2.05) is 35.9 Å². The van der Waals surface area contributed by atoms with Crippen molar-refractivity contribution in [3.63, 3.8) is 0 Å². The van der Waals surface area contributed by atoms with Crippen LogP contribution in [0.3, 0.4) is 0 Å². The average Bonchev–Trinajstić information content (AvgIpc) is 2.73. The predicted molar refractivity (Wildman–Crippen MR) is 81.0 cm³/mol. The lowest BCUT2D eigenvalue weighted by Crippen LogP contribution is -2.22. The molecule has 0 fully saturated rings. The number of fused-ring (bicyclic) bond motifs is 3. The van der Waals surface area contributed by atoms with E-state index >= 15 is 0 Å². The quantitative estimate of drug-likeness (QED) is 0.743. The van der Waals surface area contributed by atoms with Crippen LogP contribution in [0.25, 0.3) is 21.9 Å². The largest absolute Gasteiger partial charge is 0.338 e. The molecule has 0 aliphatic heterocycles. The van der Waals surface area contributed by atoms with Crippen LogP contribution >= 0.6 is 12.6 Å². The smallest absolute Gasteiger partial charge is 0.277 e. The molecular weight excluding hydrogens is 258 g/mol. The number of nitrogens with zero attached hydrogens (tertiary/aromatic N) is 3. The van der Waals surface area contributed by atoms with Crippen LogP contribution in [0.1, 0.15) is 6.42 Å². The lowest BCUT2D eigenvalue weighted by molar-refractivity contribution is 0.650. The molecule has 0 atom stereocenters. The lowest BCUT2D eigenvalue weighted by Gasteiger charge is -2.04. The van der Waals surface area contributed by atoms with E-state index in [1.54, 1.807) is 10.9 Å². The van der Waals surface area contributed by atoms with E-state index in [0.717, 1.165) is 28.6 Å². The van der Waals surface area contributed by atoms with Crippen molar-refractivity contribution in [1.29, 1.82) is 0 Å². The Morgan fingerprint density at radius 1 is 1.32 bits per heavy atom. The maximum Gasteiger partial charge on any atom is 0.277 e. The van der Waals surface area contributed by atoms with Crippen molar-refractivity contribution in [2.75, 3.05) is 5.75 Å². The Labute approximate surface area is 116 Å². The molecule has 0 aliphatic rings. The van der Waals surface area contributed by atoms with E-state index in [0.29, 0.717) is 12.1 Å². The fourth-order valence-corrected chi connectivity index (χ4v) is 2.61. The summed E-state index contributed by atoms with van der Waals surface area (Å²) in [6.07, 6.45) is 2.50. The molecule has 0 unspecified atom stereocenters. The summed E-state index contributed by atoms with van der Waals surface area (Å²) in [5.41, 5.74) is 2.51. The molecule has 5 heteroatoms. The third-order valence-corrected chi connectivity index (χ3v) is 3.74. The zero-order valence-electron chi connectivity index (χ0n) is 10.7. The van der Waals surface area contributed by atoms with Gasteiger partial charge in [0.1, 0.15) is 11.0 Å². The third kappa shape index (κ3) is 1.85. The molecule has 0 saturated carbocycles. The molecule has 0 amide bonds. The predicted octanol–water partition coefficient (Wildman–Crippen LogP) is 2.21. The van der Waals surface area contributed by atoms with E-state index in [-0.39, 0.29) is 5.56 Å². The second-order valence-corrected chi connectivity index (χ2v) is 5.04. The molecule has 1 aromatic carbocycles. The van der Waals surface area contributed by atoms with E-state index in [4.69, 9.17) is 0 Å². The Kier molecular flexibility index (Phi) is 3.06. The molecule has 2 heterocycles. The molecule has 3 aromatic rings. The topological polar surface area (TPSA) is 39.8 Å². The number of rotatable bonds is 3. The minimum Gasteiger partial charge on any atom is -0.338 e. The second-order valence-electron chi connectivity index (χ2n) is 4.59. The number of aryl methyl sites for hydroxylation is 2. The molecule has 0 spiro atoms. The minimum absolute atomic E-state index is 0.0190. The van der Waals surface area contributed by atoms with Crippen LogP contribution < -0.4 is 5.56 Å². The SMILES string of the molecule is Cn1c2ccccc2c2ncn(CCCS)c(=O)c21. The van der Waals surface area contributed by atoms with Crippen molar-refractivity contribution in [1.82, 2.24) is 14.1 Å². The summed E-state index contributed by atoms with van der Waals surface area (Å²) >= 11 is 4.18. The van der Waals surface area contributed by atoms with Crippen LogP contribution in [0.2, 0.25) is 0 Å². The van der Waals surface area contributed by atoms with Crippen molar-refractivity contribution in [2.24, 2.45) is 7.05 Å². The van der Waals surface area contributed by atoms with Gasteiger partial charge in [-0.1, -0.05) is 18.2 Å². The van der Waals surface area contributed by atoms with Crippen LogP contribution in [-0.2, 0) is 13.6 Å². The van der Waals surface area contributed by atoms with Gasteiger partial charge in [0.2, 0.25) is 0 Å². The zero-order valence-corrected chi connectivity index (χ0v) is 11.6. The first-order chi connectivity index (χ1) is 9.24. The third-order valence-electron chi connectivity index (χ3n) is 3.43. The normalized spacial score (nSPS) is 11.5. The fourth-order valence-electron chi connectivity index (χ4n) is 2.46. The first-order valence-electron chi connectivity index (χ1n) is 6.27. The first kappa shape index (κ1) is 12.3. The van der Waals surface area contributed by atoms with Gasteiger partial charge in [-0.25, -0.2) is 4.98 Å². The van der Waals surface area contributed by atoms with Gasteiger partial charge in [0, 0.05) is 19.0 Å². The van der Waals surface area contributed by atoms with Crippen molar-refractivity contribution in [2.45, 2.75) is 13.0 Å². The summed E-state index contributed by atoms with van der Waals surface area (Å²) < 4.78 is 3.59. The highest BCUT2D eigenvalue weighted by Crippen LogP contribution is 2.23. The molecule has 0 saturated heterocycles. The molecular formula is C14H15N3OS. The molecule has 0 radical (unpaired) electrons. The molecule has 0 bridgehead atoms. The molecule has 0 aliphatic carbocycles. The van der Waals surface area contributed by atoms with Crippen molar-refractivity contribution < 1.29 is 0 Å². The van der Waals surface area contributed by atoms with Gasteiger partial charge in [0.25, 0.3) is 5.56 Å². The number of hydrogen-bond acceptors (Lipinski definition) is 3. The van der Waals surface area contributed by atoms with Gasteiger partial charge in [-0.05, 0) is 18.2 Å². The van der Waals surface area contributed by atoms with Gasteiger partial charge < -0.3 is 4.57 Å². The Morgan fingerprint density at radius 3 is 2.89 bits per heavy atom. The lowest BCUT2D eigenvalue weighted by atomic mass is 10.2. The van der Waals surface area contributed by atoms with Crippen molar-refractivity contribution in [3.8, 4) is 0 Å². The molecule has 0 N–H and O–H groups in total. The summed E-state index contributed by atoms with van der Waals surface area (Å²) in [5, 5.41) is 1.03. The average molecular weight is 273 g/mol. The van der Waals surface area contributed by atoms with Crippen LogP contribution in [-0.4, -0.2) is 19.9 Å². The Balaban J connectivity index is 2.34. The van der Waals surface area contributed by atoms with Crippen molar-refractivity contribution >= 4 is 34.6 Å². The Hall–Kier alpha value is -1.75. The highest BCUT2D eigenvalue weighted by molar-refractivity contribution is 7.80. The van der Waals surface area contributed by atoms with Gasteiger partial charge in [0.05, 0.1) is 11.8 Å². The highest BCUT2D eigenvalue weighted by atomic mass is 32.1. The van der Waals surface area contributed by atoms with E-state index < -0.39 is 0 Å². The highest BCUT2D eigenvalue weighted by Gasteiger charge is 2.13. The molecule has 19 heavy (non-hydrogen) atoms. The molecule has 3 rings (SSSR count).